The first-order valence-electron chi connectivity index (χ1n) is 7.70. The van der Waals surface area contributed by atoms with Gasteiger partial charge in [0.25, 0.3) is 0 Å². The quantitative estimate of drug-likeness (QED) is 0.393. The van der Waals surface area contributed by atoms with Crippen molar-refractivity contribution in [1.29, 1.82) is 0 Å². The third-order valence-corrected chi connectivity index (χ3v) is 4.18. The van der Waals surface area contributed by atoms with Gasteiger partial charge in [-0.25, -0.2) is 4.98 Å². The number of nitrogens with zero attached hydrogens (tertiary/aromatic N) is 2. The lowest BCUT2D eigenvalue weighted by atomic mass is 10.1. The molecule has 0 aliphatic carbocycles. The molecule has 0 fully saturated rings. The number of thiazole rings is 1. The van der Waals surface area contributed by atoms with Crippen LogP contribution in [0.15, 0.2) is 29.4 Å². The van der Waals surface area contributed by atoms with Crippen molar-refractivity contribution < 1.29 is 4.74 Å². The van der Waals surface area contributed by atoms with E-state index in [9.17, 15) is 0 Å². The highest BCUT2D eigenvalue weighted by Crippen LogP contribution is 2.20. The summed E-state index contributed by atoms with van der Waals surface area (Å²) in [6.07, 6.45) is 1.89. The Morgan fingerprint density at radius 1 is 1.25 bits per heavy atom. The van der Waals surface area contributed by atoms with Crippen molar-refractivity contribution in [3.8, 4) is 5.75 Å². The third kappa shape index (κ3) is 6.27. The van der Waals surface area contributed by atoms with Gasteiger partial charge in [0, 0.05) is 30.2 Å². The number of hydrogen-bond acceptors (Lipinski definition) is 4. The van der Waals surface area contributed by atoms with Crippen molar-refractivity contribution >= 4 is 41.3 Å². The largest absolute Gasteiger partial charge is 0.494 e. The Labute approximate surface area is 165 Å². The van der Waals surface area contributed by atoms with E-state index >= 15 is 0 Å². The molecule has 2 rings (SSSR count). The van der Waals surface area contributed by atoms with Crippen molar-refractivity contribution in [1.82, 2.24) is 15.6 Å². The zero-order valence-corrected chi connectivity index (χ0v) is 17.7. The topological polar surface area (TPSA) is 58.5 Å². The van der Waals surface area contributed by atoms with Crippen LogP contribution >= 0.6 is 35.3 Å². The molecule has 0 saturated carbocycles. The van der Waals surface area contributed by atoms with E-state index in [2.05, 4.69) is 52.7 Å². The Kier molecular flexibility index (Phi) is 9.05. The van der Waals surface area contributed by atoms with Gasteiger partial charge in [0.2, 0.25) is 0 Å². The summed E-state index contributed by atoms with van der Waals surface area (Å²) in [5, 5.41) is 7.65. The lowest BCUT2D eigenvalue weighted by Crippen LogP contribution is -2.36. The van der Waals surface area contributed by atoms with E-state index in [0.717, 1.165) is 22.3 Å². The van der Waals surface area contributed by atoms with Crippen LogP contribution in [0.1, 0.15) is 27.9 Å². The van der Waals surface area contributed by atoms with Gasteiger partial charge in [0.15, 0.2) is 5.96 Å². The van der Waals surface area contributed by atoms with Crippen LogP contribution in [0.5, 0.6) is 5.75 Å². The van der Waals surface area contributed by atoms with Crippen LogP contribution in [0.25, 0.3) is 0 Å². The molecular weight excluding hydrogens is 435 g/mol. The van der Waals surface area contributed by atoms with Gasteiger partial charge in [-0.3, -0.25) is 4.99 Å². The molecular formula is C17H25IN4OS. The van der Waals surface area contributed by atoms with Gasteiger partial charge in [-0.1, -0.05) is 12.1 Å². The SMILES string of the molecule is CCOc1cc(C)ccc1CNC(=NC)NCc1ncc(C)s1.I. The molecule has 2 N–H and O–H groups in total. The highest BCUT2D eigenvalue weighted by atomic mass is 127. The molecule has 7 heteroatoms. The van der Waals surface area contributed by atoms with E-state index < -0.39 is 0 Å². The number of benzene rings is 1. The summed E-state index contributed by atoms with van der Waals surface area (Å²) in [5.74, 6) is 1.67. The monoisotopic (exact) mass is 460 g/mol. The predicted molar refractivity (Wildman–Crippen MR) is 112 cm³/mol. The summed E-state index contributed by atoms with van der Waals surface area (Å²) >= 11 is 1.69. The van der Waals surface area contributed by atoms with E-state index in [1.807, 2.05) is 13.1 Å². The van der Waals surface area contributed by atoms with Crippen LogP contribution in [0.2, 0.25) is 0 Å². The Balaban J connectivity index is 0.00000288. The number of aromatic nitrogens is 1. The fourth-order valence-electron chi connectivity index (χ4n) is 2.14. The maximum atomic E-state index is 5.71. The first-order valence-corrected chi connectivity index (χ1v) is 8.52. The van der Waals surface area contributed by atoms with Gasteiger partial charge in [-0.15, -0.1) is 35.3 Å². The number of rotatable bonds is 6. The molecule has 0 atom stereocenters. The molecule has 0 spiro atoms. The number of aryl methyl sites for hydroxylation is 2. The summed E-state index contributed by atoms with van der Waals surface area (Å²) in [7, 11) is 1.76. The molecule has 0 amide bonds. The zero-order chi connectivity index (χ0) is 16.7. The van der Waals surface area contributed by atoms with Gasteiger partial charge >= 0.3 is 0 Å². The number of aliphatic imine (C=N–C) groups is 1. The molecule has 132 valence electrons. The second-order valence-corrected chi connectivity index (χ2v) is 6.51. The Morgan fingerprint density at radius 2 is 2.00 bits per heavy atom. The first kappa shape index (κ1) is 20.7. The van der Waals surface area contributed by atoms with E-state index in [4.69, 9.17) is 4.74 Å². The molecule has 24 heavy (non-hydrogen) atoms. The lowest BCUT2D eigenvalue weighted by molar-refractivity contribution is 0.336. The van der Waals surface area contributed by atoms with Crippen molar-refractivity contribution in [2.45, 2.75) is 33.9 Å². The molecule has 0 bridgehead atoms. The second kappa shape index (κ2) is 10.5. The van der Waals surface area contributed by atoms with Gasteiger partial charge in [-0.05, 0) is 32.4 Å². The van der Waals surface area contributed by atoms with Crippen LogP contribution in [-0.2, 0) is 13.1 Å². The number of halogens is 1. The van der Waals surface area contributed by atoms with Crippen LogP contribution in [-0.4, -0.2) is 24.6 Å². The van der Waals surface area contributed by atoms with E-state index in [1.165, 1.54) is 10.4 Å². The van der Waals surface area contributed by atoms with Gasteiger partial charge in [-0.2, -0.15) is 0 Å². The number of nitrogens with one attached hydrogen (secondary N) is 2. The molecule has 1 aromatic heterocycles. The highest BCUT2D eigenvalue weighted by molar-refractivity contribution is 14.0. The number of ether oxygens (including phenoxy) is 1. The predicted octanol–water partition coefficient (Wildman–Crippen LogP) is 3.64. The van der Waals surface area contributed by atoms with E-state index in [0.29, 0.717) is 19.7 Å². The maximum Gasteiger partial charge on any atom is 0.191 e. The van der Waals surface area contributed by atoms with Gasteiger partial charge in [0.1, 0.15) is 10.8 Å². The average molecular weight is 460 g/mol. The normalized spacial score (nSPS) is 10.9. The molecule has 0 saturated heterocycles. The summed E-state index contributed by atoms with van der Waals surface area (Å²) in [6.45, 7) is 8.11. The van der Waals surface area contributed by atoms with Crippen molar-refractivity contribution in [2.24, 2.45) is 4.99 Å². The smallest absolute Gasteiger partial charge is 0.191 e. The summed E-state index contributed by atoms with van der Waals surface area (Å²) in [4.78, 5) is 9.80. The van der Waals surface area contributed by atoms with Crippen molar-refractivity contribution in [3.63, 3.8) is 0 Å². The number of guanidine groups is 1. The average Bonchev–Trinajstić information content (AvgIpc) is 2.95. The molecule has 0 radical (unpaired) electrons. The highest BCUT2D eigenvalue weighted by Gasteiger charge is 2.06. The minimum absolute atomic E-state index is 0. The number of hydrogen-bond donors (Lipinski definition) is 2. The third-order valence-electron chi connectivity index (χ3n) is 3.27. The van der Waals surface area contributed by atoms with Crippen molar-refractivity contribution in [2.75, 3.05) is 13.7 Å². The van der Waals surface area contributed by atoms with Crippen LogP contribution in [0, 0.1) is 13.8 Å². The molecule has 2 aromatic rings. The van der Waals surface area contributed by atoms with Gasteiger partial charge < -0.3 is 15.4 Å². The Hall–Kier alpha value is -1.35. The maximum absolute atomic E-state index is 5.71. The lowest BCUT2D eigenvalue weighted by Gasteiger charge is -2.14. The Morgan fingerprint density at radius 3 is 2.62 bits per heavy atom. The van der Waals surface area contributed by atoms with Crippen LogP contribution in [0.4, 0.5) is 0 Å². The minimum atomic E-state index is 0. The van der Waals surface area contributed by atoms with Gasteiger partial charge in [0.05, 0.1) is 13.2 Å². The minimum Gasteiger partial charge on any atom is -0.494 e. The molecule has 0 aliphatic heterocycles. The summed E-state index contributed by atoms with van der Waals surface area (Å²) in [5.41, 5.74) is 2.31. The zero-order valence-electron chi connectivity index (χ0n) is 14.5. The second-order valence-electron chi connectivity index (χ2n) is 5.19. The molecule has 5 nitrogen and oxygen atoms in total. The van der Waals surface area contributed by atoms with Crippen LogP contribution < -0.4 is 15.4 Å². The standard InChI is InChI=1S/C17H24N4OS.HI/c1-5-22-15-8-12(2)6-7-14(15)10-20-17(18-4)21-11-16-19-9-13(3)23-16;/h6-9H,5,10-11H2,1-4H3,(H2,18,20,21);1H. The van der Waals surface area contributed by atoms with Crippen molar-refractivity contribution in [3.05, 3.63) is 45.4 Å². The fraction of sp³-hybridized carbons (Fsp3) is 0.412. The first-order chi connectivity index (χ1) is 11.1. The Bertz CT molecular complexity index is 672. The van der Waals surface area contributed by atoms with Crippen LogP contribution in [0.3, 0.4) is 0 Å². The molecule has 0 unspecified atom stereocenters. The summed E-state index contributed by atoms with van der Waals surface area (Å²) in [6, 6.07) is 6.24. The fourth-order valence-corrected chi connectivity index (χ4v) is 2.87. The van der Waals surface area contributed by atoms with E-state index in [1.54, 1.807) is 18.4 Å². The summed E-state index contributed by atoms with van der Waals surface area (Å²) < 4.78 is 5.71. The molecule has 0 aliphatic rings. The van der Waals surface area contributed by atoms with E-state index in [-0.39, 0.29) is 24.0 Å². The molecule has 1 aromatic carbocycles. The molecule has 1 heterocycles.